The van der Waals surface area contributed by atoms with Crippen molar-refractivity contribution in [3.05, 3.63) is 130 Å². The van der Waals surface area contributed by atoms with Crippen molar-refractivity contribution >= 4 is 209 Å². The number of carbonyl (C=O) groups excluding carboxylic acids is 8. The molecule has 134 heavy (non-hydrogen) atoms. The molecule has 8 heterocycles. The van der Waals surface area contributed by atoms with Gasteiger partial charge in [0.25, 0.3) is 0 Å². The van der Waals surface area contributed by atoms with E-state index in [-0.39, 0.29) is 196 Å². The number of hydrogen-bond acceptors (Lipinski definition) is 26. The molecule has 0 unspecified atom stereocenters. The van der Waals surface area contributed by atoms with Gasteiger partial charge in [0.05, 0.1) is 64.7 Å². The zero-order chi connectivity index (χ0) is 101. The molecular formula is C83H117BClF8N16O14S10U. The third-order valence-corrected chi connectivity index (χ3v) is 20.4. The molecule has 1 radical (unpaired) electrons. The molecule has 0 spiro atoms. The van der Waals surface area contributed by atoms with E-state index in [1.54, 1.807) is 154 Å². The standard InChI is InChI=1S/C26H28F2N6O3.C16H14N4O3.C15H24F2N2O3.C10H16F2N2O.C10H16FNO4.C5H10FN.CH4.BH2.ClH.S4.S3.S2.H2S.U/c1-14(2)21(28)11-31-26(37)23-8-19(27)12-33(23)24(36)13-34-22-6-5-17(18-9-29-16(4)30-10-18)7-20(22)25(32-34)15(3)35;1-9(21)16-13-5-11(12-6-17-10(2)18-7-12)3-4-14(13)20(19-16)8-15(22)23;1-9(2)11(17)7-18-13(20)12-6-10(16)8-19(12)14(21)22-15(3,4)5;1-6(2)8(12)5-14-10(15)9-3-7(11)4-13-9;1-10(2,3)16-9(15)12-5-6(11)4-7(12)8(13)14;1-4(2)5(6)3-7;;;;1-3-4-2;1-3-2;1-2;;/h5-7,9-10,19,23H,8,11-13H2,1-4H3,(H,31,37);3-7H,8H2,1-2H3,(H,22,23);10,12H,6-8H2,1-5H3,(H,18,20);7,9,13H,3-5H2,1-2H3,(H,14,15);6-7H,4-5H2,1-3H3,(H,13,14);3,7H2,1-2H3;1H4;1H2;1H;;;;1H2;/t19-,23+;;10-,12+;7-,9+;6-,7+;;;;;;;;;/m1.111........./s1/i;;;;;;;1T2;;;;;;. The number of halogens is 9. The van der Waals surface area contributed by atoms with Gasteiger partial charge in [-0.05, 0) is 171 Å². The summed E-state index contributed by atoms with van der Waals surface area (Å²) in [4.78, 5) is 139. The fraction of sp³-hybridized carbons (Fsp3) is 0.518. The summed E-state index contributed by atoms with van der Waals surface area (Å²) in [6.07, 6.45) is 0.0225. The van der Waals surface area contributed by atoms with E-state index in [1.165, 1.54) is 41.0 Å². The maximum absolute atomic E-state index is 14.3. The van der Waals surface area contributed by atoms with Gasteiger partial charge in [-0.3, -0.25) is 52.7 Å². The molecule has 6 aromatic rings. The number of carbonyl (C=O) groups is 10. The number of ether oxygens (including phenoxy) is 2. The summed E-state index contributed by atoms with van der Waals surface area (Å²) >= 11 is 24.2. The smallest absolute Gasteiger partial charge is 0.411 e. The number of aliphatic carboxylic acids is 2. The van der Waals surface area contributed by atoms with Gasteiger partial charge >= 0.3 is 24.1 Å². The number of benzene rings is 2. The van der Waals surface area contributed by atoms with Crippen LogP contribution in [0.15, 0.2) is 107 Å². The Balaban J connectivity index is -0.000000780. The van der Waals surface area contributed by atoms with Crippen LogP contribution in [-0.4, -0.2) is 247 Å². The van der Waals surface area contributed by atoms with Crippen LogP contribution in [0.2, 0.25) is 0 Å². The van der Waals surface area contributed by atoms with Gasteiger partial charge in [-0.25, -0.2) is 69.4 Å². The Labute approximate surface area is 854 Å². The molecule has 10 rings (SSSR count). The fourth-order valence-electron chi connectivity index (χ4n) is 11.8. The summed E-state index contributed by atoms with van der Waals surface area (Å²) in [7, 11) is 3.76. The number of alkyl halides is 4. The summed E-state index contributed by atoms with van der Waals surface area (Å²) in [5.74, 6) is -4.97. The average molecular weight is 2320 g/mol. The molecular weight excluding hydrogens is 2200 g/mol. The van der Waals surface area contributed by atoms with Crippen LogP contribution in [0.5, 0.6) is 0 Å². The molecule has 4 aliphatic heterocycles. The molecule has 51 heteroatoms. The van der Waals surface area contributed by atoms with Crippen molar-refractivity contribution in [1.82, 2.24) is 75.5 Å². The molecule has 4 aliphatic rings. The van der Waals surface area contributed by atoms with E-state index in [0.29, 0.717) is 64.1 Å². The second kappa shape index (κ2) is 65.2. The van der Waals surface area contributed by atoms with Gasteiger partial charge in [0, 0.05) is 224 Å². The second-order valence-corrected chi connectivity index (χ2v) is 37.0. The Morgan fingerprint density at radius 1 is 0.537 bits per heavy atom. The third kappa shape index (κ3) is 45.7. The maximum atomic E-state index is 14.3. The number of nitrogens with zero attached hydrogens (tertiary/aromatic N) is 11. The van der Waals surface area contributed by atoms with Gasteiger partial charge in [-0.1, -0.05) is 19.6 Å². The summed E-state index contributed by atoms with van der Waals surface area (Å²) in [6, 6.07) is 7.06. The van der Waals surface area contributed by atoms with E-state index in [1.807, 2.05) is 18.2 Å². The predicted octanol–water partition coefficient (Wildman–Crippen LogP) is 12.1. The summed E-state index contributed by atoms with van der Waals surface area (Å²) in [5, 5.41) is 37.4. The molecule has 4 saturated heterocycles. The quantitative estimate of drug-likeness (QED) is 0.0225. The van der Waals surface area contributed by atoms with E-state index >= 15 is 0 Å². The van der Waals surface area contributed by atoms with Crippen LogP contribution in [0.25, 0.3) is 44.1 Å². The Morgan fingerprint density at radius 2 is 0.858 bits per heavy atom. The zero-order valence-electron chi connectivity index (χ0n) is 78.3. The normalized spacial score (nSPS) is 16.8. The molecule has 8 atom stereocenters. The first-order valence-electron chi connectivity index (χ1n) is 40.5. The van der Waals surface area contributed by atoms with Crippen LogP contribution in [0, 0.1) is 45.0 Å². The van der Waals surface area contributed by atoms with Crippen LogP contribution in [-0.2, 0) is 145 Å². The van der Waals surface area contributed by atoms with Gasteiger partial charge in [-0.15, -0.1) is 12.4 Å². The number of rotatable bonds is 19. The van der Waals surface area contributed by atoms with Crippen molar-refractivity contribution in [3.63, 3.8) is 0 Å². The van der Waals surface area contributed by atoms with Crippen LogP contribution in [0.4, 0.5) is 44.7 Å². The number of nitrogens with two attached hydrogens (primary N) is 1. The Bertz CT molecular complexity index is 5220. The predicted molar refractivity (Wildman–Crippen MR) is 530 cm³/mol. The number of ketones is 2. The molecule has 0 aliphatic carbocycles. The Morgan fingerprint density at radius 3 is 1.15 bits per heavy atom. The van der Waals surface area contributed by atoms with Crippen molar-refractivity contribution in [1.29, 1.82) is 2.67 Å². The second-order valence-electron chi connectivity index (χ2n) is 31.7. The van der Waals surface area contributed by atoms with Gasteiger partial charge in [-0.2, -0.15) is 23.7 Å². The first-order chi connectivity index (χ1) is 61.6. The number of fused-ring (bicyclic) bond motifs is 2. The molecule has 8 N–H and O–H groups in total. The number of hydrogen-bond donors (Lipinski definition) is 7. The van der Waals surface area contributed by atoms with Gasteiger partial charge < -0.3 is 51.6 Å². The minimum Gasteiger partial charge on any atom is -0.480 e. The van der Waals surface area contributed by atoms with Crippen LogP contribution in [0.3, 0.4) is 0 Å². The van der Waals surface area contributed by atoms with Crippen LogP contribution in [0.1, 0.15) is 177 Å². The van der Waals surface area contributed by atoms with Crippen molar-refractivity contribution in [3.8, 4) is 22.3 Å². The molecule has 4 fully saturated rings. The topological polar surface area (TPSA) is 401 Å². The van der Waals surface area contributed by atoms with E-state index in [4.69, 9.17) is 28.1 Å². The number of aromatic nitrogens is 8. The SMILES string of the molecule is C.CC(=O)c1nn(CC(=O)N2C[C@H](F)C[C@H]2C(=O)NCC(F)=C(C)C)c2ccc(-c3cnc(C)nc3)cc12.CC(=O)c1nn(CC(=O)O)c2ccc(-c3cnc(C)nc3)cc12.CC(C)(C)OC(=O)N1C[C@H](F)C[C@H]1C(=O)O.CC(C)=C(F)CN.CC(C)=C(F)CNC(=O)[C@@H]1C[C@@H](F)CN1.CC(C)=C(F)CNC(=O)[C@@H]1C[C@@H](F)CN1C(=O)OC(C)(C)C.Cl.S.S=S.S=S=S.S=S=S=S.[3H][B][3H].[U]. The van der Waals surface area contributed by atoms with Crippen molar-refractivity contribution in [2.45, 2.75) is 231 Å². The van der Waals surface area contributed by atoms with Gasteiger partial charge in [0.2, 0.25) is 23.6 Å². The van der Waals surface area contributed by atoms with E-state index in [0.717, 1.165) is 45.8 Å². The Hall–Kier alpha value is -7.70. The van der Waals surface area contributed by atoms with Crippen LogP contribution < -0.4 is 27.0 Å². The molecule has 0 saturated carbocycles. The Kier molecular flexibility index (Phi) is 62.5. The molecule has 4 aromatic heterocycles. The number of amides is 6. The number of carboxylic acid groups (broad SMARTS) is 2. The van der Waals surface area contributed by atoms with Crippen molar-refractivity contribution < 1.29 is 134 Å². The minimum absolute atomic E-state index is 0. The molecule has 743 valence electrons. The first kappa shape index (κ1) is 128. The van der Waals surface area contributed by atoms with Gasteiger partial charge in [0.15, 0.2) is 11.6 Å². The number of Topliss-reactive ketones (excluding diaryl/α,β-unsaturated/α-hetero) is 2. The largest absolute Gasteiger partial charge is 0.480 e. The molecule has 6 amide bonds. The number of likely N-dealkylation sites (tertiary alicyclic amines) is 3. The number of allylic oxidation sites excluding steroid dienone is 4. The summed E-state index contributed by atoms with van der Waals surface area (Å²) in [5.41, 5.74) is 10.4. The van der Waals surface area contributed by atoms with Gasteiger partial charge in [0.1, 0.15) is 113 Å². The summed E-state index contributed by atoms with van der Waals surface area (Å²) in [6.45, 7) is 27.7. The van der Waals surface area contributed by atoms with Crippen molar-refractivity contribution in [2.75, 3.05) is 52.4 Å². The minimum atomic E-state index is -1.38. The first-order valence-corrected chi connectivity index (χ1v) is 47.3. The third-order valence-electron chi connectivity index (χ3n) is 18.2. The molecule has 2 aromatic carbocycles. The monoisotopic (exact) mass is 2320 g/mol. The number of nitrogens with one attached hydrogen (secondary N) is 4. The average Bonchev–Trinajstić information content (AvgIpc) is 1.63. The number of aryl methyl sites for hydroxylation is 2. The molecule has 30 nitrogen and oxygen atoms in total. The fourth-order valence-corrected chi connectivity index (χ4v) is 11.8. The maximum Gasteiger partial charge on any atom is 0.411 e. The number of carboxylic acids is 2. The molecule has 0 bridgehead atoms. The van der Waals surface area contributed by atoms with E-state index < -0.39 is 114 Å². The van der Waals surface area contributed by atoms with E-state index in [2.05, 4.69) is 119 Å². The van der Waals surface area contributed by atoms with E-state index in [9.17, 15) is 83.1 Å². The zero-order valence-corrected chi connectivity index (χ0v) is 89.6. The summed E-state index contributed by atoms with van der Waals surface area (Å²) < 4.78 is 130. The van der Waals surface area contributed by atoms with Crippen LogP contribution >= 0.6 is 25.9 Å². The van der Waals surface area contributed by atoms with Crippen molar-refractivity contribution in [2.24, 2.45) is 5.73 Å².